The van der Waals surface area contributed by atoms with Gasteiger partial charge >= 0.3 is 0 Å². The van der Waals surface area contributed by atoms with Gasteiger partial charge in [0.25, 0.3) is 0 Å². The maximum atomic E-state index is 11.8. The molecule has 2 rings (SSSR count). The number of alkyl halides is 1. The van der Waals surface area contributed by atoms with E-state index in [1.165, 1.54) is 25.7 Å². The van der Waals surface area contributed by atoms with E-state index in [4.69, 9.17) is 11.6 Å². The van der Waals surface area contributed by atoms with Gasteiger partial charge in [-0.15, -0.1) is 11.6 Å². The van der Waals surface area contributed by atoms with Gasteiger partial charge in [-0.3, -0.25) is 4.79 Å². The summed E-state index contributed by atoms with van der Waals surface area (Å²) >= 11 is 5.71. The van der Waals surface area contributed by atoms with Gasteiger partial charge in [0, 0.05) is 18.0 Å². The van der Waals surface area contributed by atoms with E-state index in [1.54, 1.807) is 0 Å². The first-order valence-electron chi connectivity index (χ1n) is 6.22. The molecule has 0 saturated heterocycles. The molecule has 1 fully saturated rings. The van der Waals surface area contributed by atoms with Crippen LogP contribution in [0.25, 0.3) is 0 Å². The summed E-state index contributed by atoms with van der Waals surface area (Å²) in [7, 11) is 0. The van der Waals surface area contributed by atoms with Gasteiger partial charge < -0.3 is 5.32 Å². The Hall–Kier alpha value is -1.02. The van der Waals surface area contributed by atoms with Crippen molar-refractivity contribution in [2.24, 2.45) is 5.92 Å². The van der Waals surface area contributed by atoms with Gasteiger partial charge in [0.15, 0.2) is 0 Å². The second-order valence-electron chi connectivity index (χ2n) is 4.73. The summed E-state index contributed by atoms with van der Waals surface area (Å²) in [6, 6.07) is 7.70. The lowest BCUT2D eigenvalue weighted by atomic mass is 10.0. The minimum Gasteiger partial charge on any atom is -0.326 e. The molecule has 0 atom stereocenters. The zero-order valence-electron chi connectivity index (χ0n) is 9.92. The first kappa shape index (κ1) is 12.4. The van der Waals surface area contributed by atoms with E-state index in [0.717, 1.165) is 11.3 Å². The summed E-state index contributed by atoms with van der Waals surface area (Å²) in [5.41, 5.74) is 1.93. The van der Waals surface area contributed by atoms with Gasteiger partial charge in [-0.25, -0.2) is 0 Å². The van der Waals surface area contributed by atoms with E-state index in [-0.39, 0.29) is 5.91 Å². The molecule has 0 heterocycles. The first-order valence-corrected chi connectivity index (χ1v) is 6.76. The highest BCUT2D eigenvalue weighted by Gasteiger charge is 2.18. The molecule has 1 aromatic rings. The van der Waals surface area contributed by atoms with Gasteiger partial charge in [0.05, 0.1) is 0 Å². The molecular formula is C14H18ClNO. The van der Waals surface area contributed by atoms with Crippen molar-refractivity contribution in [2.45, 2.75) is 38.0 Å². The molecule has 17 heavy (non-hydrogen) atoms. The van der Waals surface area contributed by atoms with Crippen LogP contribution in [0, 0.1) is 5.92 Å². The normalized spacial score (nSPS) is 16.1. The molecule has 1 amide bonds. The molecule has 1 aliphatic carbocycles. The Morgan fingerprint density at radius 1 is 1.24 bits per heavy atom. The molecule has 1 aromatic carbocycles. The van der Waals surface area contributed by atoms with Crippen LogP contribution in [0.3, 0.4) is 0 Å². The lowest BCUT2D eigenvalue weighted by Gasteiger charge is -2.09. The molecule has 0 bridgehead atoms. The predicted molar refractivity (Wildman–Crippen MR) is 71.2 cm³/mol. The van der Waals surface area contributed by atoms with Crippen LogP contribution >= 0.6 is 11.6 Å². The third-order valence-corrected chi connectivity index (χ3v) is 3.65. The number of nitrogens with one attached hydrogen (secondary N) is 1. The highest BCUT2D eigenvalue weighted by atomic mass is 35.5. The summed E-state index contributed by atoms with van der Waals surface area (Å²) in [5.74, 6) is 1.24. The number of rotatable bonds is 4. The van der Waals surface area contributed by atoms with Crippen molar-refractivity contribution in [1.29, 1.82) is 0 Å². The van der Waals surface area contributed by atoms with Crippen LogP contribution in [-0.2, 0) is 10.7 Å². The molecule has 0 unspecified atom stereocenters. The average Bonchev–Trinajstić information content (AvgIpc) is 2.82. The van der Waals surface area contributed by atoms with E-state index < -0.39 is 0 Å². The molecule has 1 aliphatic rings. The van der Waals surface area contributed by atoms with E-state index in [0.29, 0.717) is 18.2 Å². The number of amides is 1. The number of hydrogen-bond acceptors (Lipinski definition) is 1. The molecular weight excluding hydrogens is 234 g/mol. The number of carbonyl (C=O) groups is 1. The molecule has 0 spiro atoms. The fourth-order valence-corrected chi connectivity index (χ4v) is 2.54. The van der Waals surface area contributed by atoms with Crippen molar-refractivity contribution in [3.05, 3.63) is 29.8 Å². The van der Waals surface area contributed by atoms with E-state index in [9.17, 15) is 4.79 Å². The molecule has 2 nitrogen and oxygen atoms in total. The molecule has 0 aliphatic heterocycles. The van der Waals surface area contributed by atoms with E-state index in [2.05, 4.69) is 5.32 Å². The molecule has 1 saturated carbocycles. The second kappa shape index (κ2) is 6.06. The van der Waals surface area contributed by atoms with Crippen LogP contribution in [0.2, 0.25) is 0 Å². The fraction of sp³-hybridized carbons (Fsp3) is 0.500. The minimum absolute atomic E-state index is 0.135. The van der Waals surface area contributed by atoms with Crippen molar-refractivity contribution in [2.75, 3.05) is 5.32 Å². The van der Waals surface area contributed by atoms with Gasteiger partial charge in [-0.2, -0.15) is 0 Å². The quantitative estimate of drug-likeness (QED) is 0.807. The van der Waals surface area contributed by atoms with Gasteiger partial charge in [0.1, 0.15) is 0 Å². The fourth-order valence-electron chi connectivity index (χ4n) is 2.37. The maximum absolute atomic E-state index is 11.8. The van der Waals surface area contributed by atoms with E-state index in [1.807, 2.05) is 24.3 Å². The van der Waals surface area contributed by atoms with Crippen molar-refractivity contribution in [3.63, 3.8) is 0 Å². The zero-order valence-corrected chi connectivity index (χ0v) is 10.7. The lowest BCUT2D eigenvalue weighted by Crippen LogP contribution is -2.15. The van der Waals surface area contributed by atoms with Crippen molar-refractivity contribution >= 4 is 23.2 Å². The molecule has 0 aromatic heterocycles. The Labute approximate surface area is 107 Å². The van der Waals surface area contributed by atoms with E-state index >= 15 is 0 Å². The molecule has 1 N–H and O–H groups in total. The number of anilines is 1. The number of benzene rings is 1. The largest absolute Gasteiger partial charge is 0.326 e. The zero-order chi connectivity index (χ0) is 12.1. The van der Waals surface area contributed by atoms with Gasteiger partial charge in [-0.1, -0.05) is 25.0 Å². The minimum atomic E-state index is 0.135. The highest BCUT2D eigenvalue weighted by molar-refractivity contribution is 6.17. The standard InChI is InChI=1S/C14H18ClNO/c15-10-12-5-7-13(8-6-12)16-14(17)9-11-3-1-2-4-11/h5-8,11H,1-4,9-10H2,(H,16,17). The third kappa shape index (κ3) is 3.74. The summed E-state index contributed by atoms with van der Waals surface area (Å²) in [6.07, 6.45) is 5.64. The van der Waals surface area contributed by atoms with Crippen LogP contribution in [0.4, 0.5) is 5.69 Å². The Morgan fingerprint density at radius 2 is 1.88 bits per heavy atom. The van der Waals surface area contributed by atoms with Crippen LogP contribution in [0.5, 0.6) is 0 Å². The summed E-state index contributed by atoms with van der Waals surface area (Å²) in [6.45, 7) is 0. The maximum Gasteiger partial charge on any atom is 0.224 e. The molecule has 92 valence electrons. The average molecular weight is 252 g/mol. The van der Waals surface area contributed by atoms with Crippen molar-refractivity contribution in [3.8, 4) is 0 Å². The Bertz CT molecular complexity index is 368. The number of carbonyl (C=O) groups excluding carboxylic acids is 1. The molecule has 3 heteroatoms. The Morgan fingerprint density at radius 3 is 2.47 bits per heavy atom. The van der Waals surface area contributed by atoms with Crippen molar-refractivity contribution < 1.29 is 4.79 Å². The SMILES string of the molecule is O=C(CC1CCCC1)Nc1ccc(CCl)cc1. The summed E-state index contributed by atoms with van der Waals surface area (Å²) < 4.78 is 0. The lowest BCUT2D eigenvalue weighted by molar-refractivity contribution is -0.117. The van der Waals surface area contributed by atoms with Crippen molar-refractivity contribution in [1.82, 2.24) is 0 Å². The Balaban J connectivity index is 1.84. The van der Waals surface area contributed by atoms with Crippen LogP contribution < -0.4 is 5.32 Å². The number of hydrogen-bond donors (Lipinski definition) is 1. The van der Waals surface area contributed by atoms with Crippen LogP contribution in [0.1, 0.15) is 37.7 Å². The predicted octanol–water partition coefficient (Wildman–Crippen LogP) is 3.94. The summed E-state index contributed by atoms with van der Waals surface area (Å²) in [4.78, 5) is 11.8. The first-order chi connectivity index (χ1) is 8.28. The third-order valence-electron chi connectivity index (χ3n) is 3.34. The highest BCUT2D eigenvalue weighted by Crippen LogP contribution is 2.27. The monoisotopic (exact) mass is 251 g/mol. The van der Waals surface area contributed by atoms with Crippen LogP contribution in [-0.4, -0.2) is 5.91 Å². The van der Waals surface area contributed by atoms with Gasteiger partial charge in [-0.05, 0) is 36.5 Å². The number of halogens is 1. The molecule has 0 radical (unpaired) electrons. The Kier molecular flexibility index (Phi) is 4.43. The summed E-state index contributed by atoms with van der Waals surface area (Å²) in [5, 5.41) is 2.94. The van der Waals surface area contributed by atoms with Gasteiger partial charge in [0.2, 0.25) is 5.91 Å². The van der Waals surface area contributed by atoms with Crippen LogP contribution in [0.15, 0.2) is 24.3 Å². The second-order valence-corrected chi connectivity index (χ2v) is 5.00. The topological polar surface area (TPSA) is 29.1 Å². The smallest absolute Gasteiger partial charge is 0.224 e.